The van der Waals surface area contributed by atoms with Crippen molar-refractivity contribution in [2.45, 2.75) is 18.8 Å². The van der Waals surface area contributed by atoms with Gasteiger partial charge >= 0.3 is 0 Å². The fraction of sp³-hybridized carbons (Fsp3) is 0.455. The van der Waals surface area contributed by atoms with E-state index >= 15 is 0 Å². The normalized spacial score (nSPS) is 20.6. The Morgan fingerprint density at radius 2 is 2.41 bits per heavy atom. The number of piperidine rings is 1. The van der Waals surface area contributed by atoms with Crippen molar-refractivity contribution in [2.75, 3.05) is 13.1 Å². The minimum Gasteiger partial charge on any atom is -0.356 e. The number of hydrogen-bond donors (Lipinski definition) is 2. The van der Waals surface area contributed by atoms with Crippen LogP contribution in [0.1, 0.15) is 24.6 Å². The lowest BCUT2D eigenvalue weighted by Crippen LogP contribution is -2.28. The van der Waals surface area contributed by atoms with Gasteiger partial charge in [-0.3, -0.25) is 0 Å². The molecule has 0 aromatic carbocycles. The van der Waals surface area contributed by atoms with Crippen molar-refractivity contribution < 1.29 is 4.52 Å². The summed E-state index contributed by atoms with van der Waals surface area (Å²) in [6.07, 6.45) is 4.14. The van der Waals surface area contributed by atoms with Gasteiger partial charge < -0.3 is 14.8 Å². The zero-order valence-corrected chi connectivity index (χ0v) is 10.8. The molecule has 0 radical (unpaired) electrons. The van der Waals surface area contributed by atoms with E-state index in [1.54, 1.807) is 0 Å². The molecule has 1 saturated heterocycles. The summed E-state index contributed by atoms with van der Waals surface area (Å²) in [4.78, 5) is 7.53. The first kappa shape index (κ1) is 11.0. The molecular formula is C11H13BrN4O. The highest BCUT2D eigenvalue weighted by atomic mass is 79.9. The van der Waals surface area contributed by atoms with E-state index in [0.717, 1.165) is 35.5 Å². The van der Waals surface area contributed by atoms with Crippen molar-refractivity contribution >= 4 is 15.9 Å². The molecule has 2 aromatic rings. The Labute approximate surface area is 107 Å². The lowest BCUT2D eigenvalue weighted by Gasteiger charge is -2.19. The molecule has 1 aliphatic rings. The predicted molar refractivity (Wildman–Crippen MR) is 66.6 cm³/mol. The Balaban J connectivity index is 1.82. The Kier molecular flexibility index (Phi) is 2.98. The number of hydrogen-bond acceptors (Lipinski definition) is 4. The standard InChI is InChI=1S/C11H13BrN4O/c12-8-4-9(14-6-8)11-15-10(16-17-11)7-2-1-3-13-5-7/h4,6-7,13-14H,1-3,5H2/t7-/m0/s1. The van der Waals surface area contributed by atoms with Gasteiger partial charge in [0.05, 0.1) is 0 Å². The summed E-state index contributed by atoms with van der Waals surface area (Å²) in [6.45, 7) is 2.03. The van der Waals surface area contributed by atoms with Crippen LogP contribution in [0.25, 0.3) is 11.6 Å². The zero-order chi connectivity index (χ0) is 11.7. The Morgan fingerprint density at radius 3 is 3.12 bits per heavy atom. The van der Waals surface area contributed by atoms with E-state index in [2.05, 4.69) is 36.4 Å². The highest BCUT2D eigenvalue weighted by molar-refractivity contribution is 9.10. The molecule has 0 unspecified atom stereocenters. The molecule has 2 aromatic heterocycles. The maximum Gasteiger partial charge on any atom is 0.274 e. The van der Waals surface area contributed by atoms with Crippen LogP contribution in [0.2, 0.25) is 0 Å². The van der Waals surface area contributed by atoms with Crippen LogP contribution < -0.4 is 5.32 Å². The second kappa shape index (κ2) is 4.62. The third-order valence-electron chi connectivity index (χ3n) is 2.98. The van der Waals surface area contributed by atoms with E-state index in [-0.39, 0.29) is 0 Å². The molecular weight excluding hydrogens is 284 g/mol. The third kappa shape index (κ3) is 2.28. The molecule has 1 fully saturated rings. The second-order valence-corrected chi connectivity index (χ2v) is 5.15. The van der Waals surface area contributed by atoms with Crippen LogP contribution >= 0.6 is 15.9 Å². The molecule has 0 bridgehead atoms. The second-order valence-electron chi connectivity index (χ2n) is 4.23. The van der Waals surface area contributed by atoms with Crippen molar-refractivity contribution in [3.8, 4) is 11.6 Å². The van der Waals surface area contributed by atoms with Gasteiger partial charge in [-0.2, -0.15) is 4.98 Å². The van der Waals surface area contributed by atoms with Gasteiger partial charge in [-0.05, 0) is 41.4 Å². The SMILES string of the molecule is Brc1c[nH]c(-c2nc([C@H]3CCCNC3)no2)c1. The summed E-state index contributed by atoms with van der Waals surface area (Å²) in [5.41, 5.74) is 0.847. The molecule has 17 heavy (non-hydrogen) atoms. The maximum absolute atomic E-state index is 5.28. The van der Waals surface area contributed by atoms with Crippen LogP contribution in [0.4, 0.5) is 0 Å². The lowest BCUT2D eigenvalue weighted by atomic mass is 9.99. The van der Waals surface area contributed by atoms with E-state index in [1.165, 1.54) is 6.42 Å². The van der Waals surface area contributed by atoms with Crippen molar-refractivity contribution in [1.82, 2.24) is 20.4 Å². The van der Waals surface area contributed by atoms with Crippen LogP contribution in [0.5, 0.6) is 0 Å². The summed E-state index contributed by atoms with van der Waals surface area (Å²) in [7, 11) is 0. The van der Waals surface area contributed by atoms with Crippen LogP contribution in [0.3, 0.4) is 0 Å². The van der Waals surface area contributed by atoms with E-state index in [4.69, 9.17) is 4.52 Å². The number of aromatic amines is 1. The summed E-state index contributed by atoms with van der Waals surface area (Å²) in [5.74, 6) is 1.73. The first-order valence-electron chi connectivity index (χ1n) is 5.71. The van der Waals surface area contributed by atoms with E-state index in [9.17, 15) is 0 Å². The number of halogens is 1. The van der Waals surface area contributed by atoms with Gasteiger partial charge in [0.15, 0.2) is 5.82 Å². The Hall–Kier alpha value is -1.14. The molecule has 0 aliphatic carbocycles. The van der Waals surface area contributed by atoms with Crippen molar-refractivity contribution in [2.24, 2.45) is 0 Å². The third-order valence-corrected chi connectivity index (χ3v) is 3.44. The quantitative estimate of drug-likeness (QED) is 0.892. The highest BCUT2D eigenvalue weighted by Crippen LogP contribution is 2.25. The van der Waals surface area contributed by atoms with Crippen LogP contribution in [-0.2, 0) is 0 Å². The molecule has 3 rings (SSSR count). The van der Waals surface area contributed by atoms with Gasteiger partial charge in [-0.1, -0.05) is 5.16 Å². The number of nitrogens with zero attached hydrogens (tertiary/aromatic N) is 2. The van der Waals surface area contributed by atoms with E-state index < -0.39 is 0 Å². The topological polar surface area (TPSA) is 66.7 Å². The number of nitrogens with one attached hydrogen (secondary N) is 2. The highest BCUT2D eigenvalue weighted by Gasteiger charge is 2.21. The monoisotopic (exact) mass is 296 g/mol. The van der Waals surface area contributed by atoms with Crippen LogP contribution in [0, 0.1) is 0 Å². The average molecular weight is 297 g/mol. The summed E-state index contributed by atoms with van der Waals surface area (Å²) in [6, 6.07) is 1.93. The number of H-pyrrole nitrogens is 1. The Morgan fingerprint density at radius 1 is 1.47 bits per heavy atom. The maximum atomic E-state index is 5.28. The van der Waals surface area contributed by atoms with Crippen molar-refractivity contribution in [1.29, 1.82) is 0 Å². The minimum atomic E-state index is 0.375. The van der Waals surface area contributed by atoms with Gasteiger partial charge in [-0.25, -0.2) is 0 Å². The predicted octanol–water partition coefficient (Wildman–Crippen LogP) is 2.29. The fourth-order valence-electron chi connectivity index (χ4n) is 2.07. The molecule has 2 N–H and O–H groups in total. The van der Waals surface area contributed by atoms with Gasteiger partial charge in [0.1, 0.15) is 5.69 Å². The van der Waals surface area contributed by atoms with Gasteiger partial charge in [0.2, 0.25) is 0 Å². The smallest absolute Gasteiger partial charge is 0.274 e. The van der Waals surface area contributed by atoms with Gasteiger partial charge in [-0.15, -0.1) is 0 Å². The number of aromatic nitrogens is 3. The summed E-state index contributed by atoms with van der Waals surface area (Å²) < 4.78 is 6.25. The van der Waals surface area contributed by atoms with Crippen LogP contribution in [0.15, 0.2) is 21.3 Å². The van der Waals surface area contributed by atoms with E-state index in [0.29, 0.717) is 11.8 Å². The zero-order valence-electron chi connectivity index (χ0n) is 9.24. The molecule has 1 atom stereocenters. The summed E-state index contributed by atoms with van der Waals surface area (Å²) in [5, 5.41) is 7.41. The molecule has 1 aliphatic heterocycles. The van der Waals surface area contributed by atoms with Gasteiger partial charge in [0, 0.05) is 23.1 Å². The van der Waals surface area contributed by atoms with Gasteiger partial charge in [0.25, 0.3) is 5.89 Å². The Bertz CT molecular complexity index is 501. The molecule has 3 heterocycles. The molecule has 0 saturated carbocycles. The molecule has 6 heteroatoms. The molecule has 0 amide bonds. The first-order valence-corrected chi connectivity index (χ1v) is 6.51. The molecule has 5 nitrogen and oxygen atoms in total. The number of rotatable bonds is 2. The molecule has 0 spiro atoms. The molecule has 90 valence electrons. The van der Waals surface area contributed by atoms with E-state index in [1.807, 2.05) is 12.3 Å². The first-order chi connectivity index (χ1) is 8.33. The average Bonchev–Trinajstić information content (AvgIpc) is 2.98. The largest absolute Gasteiger partial charge is 0.356 e. The summed E-state index contributed by atoms with van der Waals surface area (Å²) >= 11 is 3.38. The van der Waals surface area contributed by atoms with Crippen LogP contribution in [-0.4, -0.2) is 28.2 Å². The fourth-order valence-corrected chi connectivity index (χ4v) is 2.42. The lowest BCUT2D eigenvalue weighted by molar-refractivity contribution is 0.392. The van der Waals surface area contributed by atoms with Crippen molar-refractivity contribution in [3.05, 3.63) is 22.6 Å². The van der Waals surface area contributed by atoms with Crippen molar-refractivity contribution in [3.63, 3.8) is 0 Å². The minimum absolute atomic E-state index is 0.375.